The molecule has 2 aromatic heterocycles. The van der Waals surface area contributed by atoms with Gasteiger partial charge in [0.05, 0.1) is 36.4 Å². The monoisotopic (exact) mass is 404 g/mol. The Balaban J connectivity index is 1.46. The van der Waals surface area contributed by atoms with Gasteiger partial charge in [0.1, 0.15) is 5.82 Å². The molecule has 1 N–H and O–H groups in total. The molecule has 152 valence electrons. The molecule has 0 spiro atoms. The van der Waals surface area contributed by atoms with E-state index in [1.165, 1.54) is 16.9 Å². The van der Waals surface area contributed by atoms with Crippen molar-refractivity contribution in [3.8, 4) is 16.8 Å². The Morgan fingerprint density at radius 2 is 1.80 bits per heavy atom. The predicted molar refractivity (Wildman–Crippen MR) is 111 cm³/mol. The minimum atomic E-state index is -0.275. The van der Waals surface area contributed by atoms with E-state index >= 15 is 0 Å². The van der Waals surface area contributed by atoms with Crippen LogP contribution in [0.1, 0.15) is 22.8 Å². The fraction of sp³-hybridized carbons (Fsp3) is 0.182. The smallest absolute Gasteiger partial charge is 0.253 e. The Morgan fingerprint density at radius 1 is 1.07 bits per heavy atom. The first-order chi connectivity index (χ1) is 14.5. The van der Waals surface area contributed by atoms with Crippen LogP contribution in [0.15, 0.2) is 67.3 Å². The van der Waals surface area contributed by atoms with Crippen LogP contribution < -0.4 is 5.32 Å². The molecular formula is C22H21FN6O. The molecule has 7 nitrogen and oxygen atoms in total. The van der Waals surface area contributed by atoms with Crippen LogP contribution in [0.2, 0.25) is 0 Å². The van der Waals surface area contributed by atoms with Gasteiger partial charge in [-0.1, -0.05) is 23.8 Å². The number of rotatable bonds is 6. The maximum atomic E-state index is 13.1. The molecule has 2 heterocycles. The maximum absolute atomic E-state index is 13.1. The lowest BCUT2D eigenvalue weighted by molar-refractivity contribution is 0.0935. The first-order valence-electron chi connectivity index (χ1n) is 9.56. The molecule has 0 radical (unpaired) electrons. The molecule has 0 fully saturated rings. The van der Waals surface area contributed by atoms with Crippen LogP contribution in [-0.4, -0.2) is 36.7 Å². The van der Waals surface area contributed by atoms with Crippen molar-refractivity contribution in [2.24, 2.45) is 0 Å². The summed E-state index contributed by atoms with van der Waals surface area (Å²) < 4.78 is 14.9. The fourth-order valence-electron chi connectivity index (χ4n) is 3.23. The summed E-state index contributed by atoms with van der Waals surface area (Å²) in [5.74, 6) is -0.479. The summed E-state index contributed by atoms with van der Waals surface area (Å²) in [7, 11) is 0. The number of hydrogen-bond acceptors (Lipinski definition) is 4. The van der Waals surface area contributed by atoms with E-state index in [1.807, 2.05) is 38.2 Å². The minimum Gasteiger partial charge on any atom is -0.348 e. The highest BCUT2D eigenvalue weighted by Gasteiger charge is 2.17. The molecule has 4 aromatic rings. The topological polar surface area (TPSA) is 77.6 Å². The average Bonchev–Trinajstić information content (AvgIpc) is 3.41. The largest absolute Gasteiger partial charge is 0.348 e. The molecule has 1 atom stereocenters. The van der Waals surface area contributed by atoms with Crippen LogP contribution >= 0.6 is 0 Å². The molecule has 4 rings (SSSR count). The number of aryl methyl sites for hydroxylation is 1. The number of aromatic nitrogens is 5. The van der Waals surface area contributed by atoms with E-state index in [-0.39, 0.29) is 17.8 Å². The summed E-state index contributed by atoms with van der Waals surface area (Å²) >= 11 is 0. The summed E-state index contributed by atoms with van der Waals surface area (Å²) in [5.41, 5.74) is 3.87. The molecule has 0 saturated heterocycles. The van der Waals surface area contributed by atoms with E-state index in [1.54, 1.807) is 35.4 Å². The van der Waals surface area contributed by atoms with Crippen molar-refractivity contribution >= 4 is 5.91 Å². The second-order valence-corrected chi connectivity index (χ2v) is 7.17. The van der Waals surface area contributed by atoms with Gasteiger partial charge in [0.15, 0.2) is 0 Å². The molecule has 0 aliphatic heterocycles. The standard InChI is InChI=1S/C22H21FN6O/c1-15-3-8-21(29-24-9-10-25-29)20(11-15)22(30)27-16(2)13-28-14-18(12-26-28)17-4-6-19(23)7-5-17/h3-12,14,16H,13H2,1-2H3,(H,27,30)/t16-/m0/s1. The van der Waals surface area contributed by atoms with Gasteiger partial charge < -0.3 is 5.32 Å². The van der Waals surface area contributed by atoms with Gasteiger partial charge in [-0.2, -0.15) is 20.1 Å². The summed E-state index contributed by atoms with van der Waals surface area (Å²) in [6.45, 7) is 4.34. The van der Waals surface area contributed by atoms with Crippen molar-refractivity contribution in [3.05, 3.63) is 84.2 Å². The summed E-state index contributed by atoms with van der Waals surface area (Å²) in [6, 6.07) is 11.7. The second kappa shape index (κ2) is 8.28. The summed E-state index contributed by atoms with van der Waals surface area (Å²) in [4.78, 5) is 14.4. The molecular weight excluding hydrogens is 383 g/mol. The Hall–Kier alpha value is -3.81. The summed E-state index contributed by atoms with van der Waals surface area (Å²) in [5, 5.41) is 15.6. The van der Waals surface area contributed by atoms with Crippen molar-refractivity contribution in [2.75, 3.05) is 0 Å². The first kappa shape index (κ1) is 19.5. The molecule has 1 amide bonds. The number of carbonyl (C=O) groups excluding carboxylic acids is 1. The van der Waals surface area contributed by atoms with Crippen molar-refractivity contribution in [2.45, 2.75) is 26.4 Å². The van der Waals surface area contributed by atoms with Gasteiger partial charge in [0.2, 0.25) is 0 Å². The Kier molecular flexibility index (Phi) is 5.38. The van der Waals surface area contributed by atoms with Crippen molar-refractivity contribution in [1.29, 1.82) is 0 Å². The Morgan fingerprint density at radius 3 is 2.53 bits per heavy atom. The number of halogens is 1. The van der Waals surface area contributed by atoms with E-state index in [2.05, 4.69) is 20.6 Å². The molecule has 30 heavy (non-hydrogen) atoms. The zero-order chi connectivity index (χ0) is 21.1. The van der Waals surface area contributed by atoms with Gasteiger partial charge in [0.25, 0.3) is 5.91 Å². The zero-order valence-electron chi connectivity index (χ0n) is 16.7. The third-order valence-corrected chi connectivity index (χ3v) is 4.68. The quantitative estimate of drug-likeness (QED) is 0.534. The van der Waals surface area contributed by atoms with Crippen molar-refractivity contribution < 1.29 is 9.18 Å². The first-order valence-corrected chi connectivity index (χ1v) is 9.56. The van der Waals surface area contributed by atoms with Crippen LogP contribution in [0, 0.1) is 12.7 Å². The van der Waals surface area contributed by atoms with E-state index in [0.29, 0.717) is 17.8 Å². The lowest BCUT2D eigenvalue weighted by Gasteiger charge is -2.16. The minimum absolute atomic E-state index is 0.169. The number of amides is 1. The lowest BCUT2D eigenvalue weighted by Crippen LogP contribution is -2.36. The van der Waals surface area contributed by atoms with Crippen molar-refractivity contribution in [1.82, 2.24) is 30.1 Å². The maximum Gasteiger partial charge on any atom is 0.253 e. The van der Waals surface area contributed by atoms with Crippen LogP contribution in [0.4, 0.5) is 4.39 Å². The highest BCUT2D eigenvalue weighted by atomic mass is 19.1. The molecule has 0 saturated carbocycles. The van der Waals surface area contributed by atoms with Crippen molar-refractivity contribution in [3.63, 3.8) is 0 Å². The predicted octanol–water partition coefficient (Wildman–Crippen LogP) is 3.40. The highest BCUT2D eigenvalue weighted by molar-refractivity contribution is 5.98. The Bertz CT molecular complexity index is 1150. The van der Waals surface area contributed by atoms with Gasteiger partial charge in [-0.15, -0.1) is 0 Å². The second-order valence-electron chi connectivity index (χ2n) is 7.17. The average molecular weight is 404 g/mol. The van der Waals surface area contributed by atoms with E-state index < -0.39 is 0 Å². The zero-order valence-corrected chi connectivity index (χ0v) is 16.7. The molecule has 2 aromatic carbocycles. The molecule has 0 aliphatic carbocycles. The van der Waals surface area contributed by atoms with E-state index in [9.17, 15) is 9.18 Å². The normalized spacial score (nSPS) is 12.0. The van der Waals surface area contributed by atoms with Gasteiger partial charge in [-0.05, 0) is 43.7 Å². The SMILES string of the molecule is Cc1ccc(-n2nccn2)c(C(=O)N[C@@H](C)Cn2cc(-c3ccc(F)cc3)cn2)c1. The van der Waals surface area contributed by atoms with Crippen LogP contribution in [-0.2, 0) is 6.54 Å². The van der Waals surface area contributed by atoms with E-state index in [4.69, 9.17) is 0 Å². The number of nitrogens with zero attached hydrogens (tertiary/aromatic N) is 5. The third-order valence-electron chi connectivity index (χ3n) is 4.68. The molecule has 0 aliphatic rings. The summed E-state index contributed by atoms with van der Waals surface area (Å²) in [6.07, 6.45) is 6.74. The van der Waals surface area contributed by atoms with Crippen LogP contribution in [0.3, 0.4) is 0 Å². The third kappa shape index (κ3) is 4.27. The number of nitrogens with one attached hydrogen (secondary N) is 1. The molecule has 8 heteroatoms. The number of benzene rings is 2. The van der Waals surface area contributed by atoms with E-state index in [0.717, 1.165) is 16.7 Å². The van der Waals surface area contributed by atoms with Gasteiger partial charge >= 0.3 is 0 Å². The van der Waals surface area contributed by atoms with Gasteiger partial charge in [-0.3, -0.25) is 9.48 Å². The Labute approximate surface area is 173 Å². The van der Waals surface area contributed by atoms with Gasteiger partial charge in [0, 0.05) is 17.8 Å². The highest BCUT2D eigenvalue weighted by Crippen LogP contribution is 2.19. The fourth-order valence-corrected chi connectivity index (χ4v) is 3.23. The number of carbonyl (C=O) groups is 1. The molecule has 0 bridgehead atoms. The lowest BCUT2D eigenvalue weighted by atomic mass is 10.1. The number of hydrogen-bond donors (Lipinski definition) is 1. The van der Waals surface area contributed by atoms with Crippen LogP contribution in [0.5, 0.6) is 0 Å². The van der Waals surface area contributed by atoms with Gasteiger partial charge in [-0.25, -0.2) is 4.39 Å². The van der Waals surface area contributed by atoms with Crippen LogP contribution in [0.25, 0.3) is 16.8 Å². The molecule has 0 unspecified atom stereocenters.